The quantitative estimate of drug-likeness (QED) is 0.592. The molecule has 170 valence electrons. The summed E-state index contributed by atoms with van der Waals surface area (Å²) in [7, 11) is 1.68. The summed E-state index contributed by atoms with van der Waals surface area (Å²) >= 11 is 6.07. The topological polar surface area (TPSA) is 77.5 Å². The first kappa shape index (κ1) is 21.2. The highest BCUT2D eigenvalue weighted by Gasteiger charge is 2.30. The van der Waals surface area contributed by atoms with E-state index in [1.54, 1.807) is 7.05 Å². The summed E-state index contributed by atoms with van der Waals surface area (Å²) in [6.45, 7) is 7.56. The summed E-state index contributed by atoms with van der Waals surface area (Å²) in [5, 5.41) is 0.665. The third-order valence-electron chi connectivity index (χ3n) is 6.32. The summed E-state index contributed by atoms with van der Waals surface area (Å²) in [6, 6.07) is 7.59. The highest BCUT2D eigenvalue weighted by Crippen LogP contribution is 2.33. The van der Waals surface area contributed by atoms with Crippen LogP contribution in [0.2, 0.25) is 5.02 Å². The molecular formula is C22H27ClN6O3. The average molecular weight is 459 g/mol. The van der Waals surface area contributed by atoms with E-state index in [0.29, 0.717) is 60.9 Å². The second-order valence-corrected chi connectivity index (χ2v) is 9.08. The Hall–Kier alpha value is -2.62. The standard InChI is InChI=1S/C22H27ClN6O3/c1-15-13-28(17-5-3-16(23)4-6-17)21-24-19-18(29(21)14-15)20(30)27(22(31)25(19)2)8-7-26-9-11-32-12-10-26/h3-6,15H,7-14H2,1-2H3. The number of halogens is 1. The van der Waals surface area contributed by atoms with Gasteiger partial charge >= 0.3 is 5.69 Å². The van der Waals surface area contributed by atoms with Crippen LogP contribution < -0.4 is 16.1 Å². The molecule has 1 atom stereocenters. The molecule has 9 nitrogen and oxygen atoms in total. The summed E-state index contributed by atoms with van der Waals surface area (Å²) in [5.41, 5.74) is 1.24. The van der Waals surface area contributed by atoms with E-state index in [1.165, 1.54) is 9.13 Å². The second-order valence-electron chi connectivity index (χ2n) is 8.64. The zero-order chi connectivity index (χ0) is 22.4. The Bertz CT molecular complexity index is 1260. The Morgan fingerprint density at radius 1 is 1.09 bits per heavy atom. The van der Waals surface area contributed by atoms with Gasteiger partial charge in [0.1, 0.15) is 0 Å². The molecule has 1 aromatic carbocycles. The molecule has 5 rings (SSSR count). The maximum atomic E-state index is 13.5. The minimum atomic E-state index is -0.336. The van der Waals surface area contributed by atoms with Gasteiger partial charge < -0.3 is 14.2 Å². The molecule has 1 unspecified atom stereocenters. The number of aromatic nitrogens is 4. The largest absolute Gasteiger partial charge is 0.379 e. The Kier molecular flexibility index (Phi) is 5.56. The SMILES string of the molecule is CC1CN(c2ccc(Cl)cc2)c2nc3c(c(=O)n(CCN4CCOCC4)c(=O)n3C)n2C1. The number of rotatable bonds is 4. The monoisotopic (exact) mass is 458 g/mol. The van der Waals surface area contributed by atoms with E-state index >= 15 is 0 Å². The lowest BCUT2D eigenvalue weighted by Gasteiger charge is -2.33. The van der Waals surface area contributed by atoms with Crippen molar-refractivity contribution in [2.75, 3.05) is 44.3 Å². The van der Waals surface area contributed by atoms with Gasteiger partial charge in [0.15, 0.2) is 11.2 Å². The van der Waals surface area contributed by atoms with Crippen LogP contribution in [0, 0.1) is 5.92 Å². The van der Waals surface area contributed by atoms with Crippen LogP contribution in [0.15, 0.2) is 33.9 Å². The number of benzene rings is 1. The number of imidazole rings is 1. The lowest BCUT2D eigenvalue weighted by molar-refractivity contribution is 0.0361. The molecule has 2 aromatic heterocycles. The van der Waals surface area contributed by atoms with Gasteiger partial charge in [-0.3, -0.25) is 18.8 Å². The van der Waals surface area contributed by atoms with Gasteiger partial charge in [0.2, 0.25) is 5.95 Å². The summed E-state index contributed by atoms with van der Waals surface area (Å²) in [4.78, 5) is 35.6. The van der Waals surface area contributed by atoms with Crippen LogP contribution in [0.5, 0.6) is 0 Å². The van der Waals surface area contributed by atoms with Crippen molar-refractivity contribution in [2.24, 2.45) is 13.0 Å². The molecule has 2 aliphatic heterocycles. The fourth-order valence-electron chi connectivity index (χ4n) is 4.61. The van der Waals surface area contributed by atoms with Gasteiger partial charge in [-0.2, -0.15) is 4.98 Å². The molecule has 0 N–H and O–H groups in total. The second kappa shape index (κ2) is 8.38. The maximum Gasteiger partial charge on any atom is 0.332 e. The Morgan fingerprint density at radius 3 is 2.53 bits per heavy atom. The van der Waals surface area contributed by atoms with Crippen LogP contribution in [0.3, 0.4) is 0 Å². The number of hydrogen-bond acceptors (Lipinski definition) is 6. The first-order valence-corrected chi connectivity index (χ1v) is 11.3. The van der Waals surface area contributed by atoms with E-state index in [9.17, 15) is 9.59 Å². The van der Waals surface area contributed by atoms with Crippen LogP contribution in [0.25, 0.3) is 11.2 Å². The molecule has 10 heteroatoms. The lowest BCUT2D eigenvalue weighted by atomic mass is 10.1. The van der Waals surface area contributed by atoms with E-state index in [-0.39, 0.29) is 11.2 Å². The van der Waals surface area contributed by atoms with Crippen molar-refractivity contribution in [1.82, 2.24) is 23.6 Å². The molecule has 3 aromatic rings. The van der Waals surface area contributed by atoms with Gasteiger partial charge in [0, 0.05) is 57.0 Å². The fraction of sp³-hybridized carbons (Fsp3) is 0.500. The van der Waals surface area contributed by atoms with Gasteiger partial charge in [-0.15, -0.1) is 0 Å². The van der Waals surface area contributed by atoms with Crippen LogP contribution in [-0.4, -0.2) is 63.0 Å². The number of hydrogen-bond donors (Lipinski definition) is 0. The molecule has 0 radical (unpaired) electrons. The lowest BCUT2D eigenvalue weighted by Crippen LogP contribution is -2.44. The first-order valence-electron chi connectivity index (χ1n) is 11.0. The number of anilines is 2. The van der Waals surface area contributed by atoms with Crippen LogP contribution in [0.1, 0.15) is 6.92 Å². The number of aryl methyl sites for hydroxylation is 1. The van der Waals surface area contributed by atoms with Crippen LogP contribution >= 0.6 is 11.6 Å². The molecule has 0 spiro atoms. The summed E-state index contributed by atoms with van der Waals surface area (Å²) in [6.07, 6.45) is 0. The average Bonchev–Trinajstić information content (AvgIpc) is 3.18. The molecular weight excluding hydrogens is 432 g/mol. The fourth-order valence-corrected chi connectivity index (χ4v) is 4.73. The number of nitrogens with zero attached hydrogens (tertiary/aromatic N) is 6. The minimum absolute atomic E-state index is 0.278. The Morgan fingerprint density at radius 2 is 1.81 bits per heavy atom. The molecule has 0 bridgehead atoms. The van der Waals surface area contributed by atoms with Crippen molar-refractivity contribution in [2.45, 2.75) is 20.0 Å². The minimum Gasteiger partial charge on any atom is -0.379 e. The molecule has 1 saturated heterocycles. The van der Waals surface area contributed by atoms with Crippen molar-refractivity contribution >= 4 is 34.4 Å². The van der Waals surface area contributed by atoms with E-state index < -0.39 is 0 Å². The zero-order valence-electron chi connectivity index (χ0n) is 18.3. The van der Waals surface area contributed by atoms with Crippen LogP contribution in [0.4, 0.5) is 11.6 Å². The molecule has 0 aliphatic carbocycles. The van der Waals surface area contributed by atoms with Gasteiger partial charge in [0.05, 0.1) is 13.2 Å². The molecule has 4 heterocycles. The van der Waals surface area contributed by atoms with Crippen molar-refractivity contribution in [3.05, 3.63) is 50.1 Å². The smallest absolute Gasteiger partial charge is 0.332 e. The van der Waals surface area contributed by atoms with Crippen molar-refractivity contribution in [3.63, 3.8) is 0 Å². The molecule has 0 amide bonds. The number of fused-ring (bicyclic) bond motifs is 3. The Balaban J connectivity index is 1.60. The predicted octanol–water partition coefficient (Wildman–Crippen LogP) is 1.67. The Labute approximate surface area is 190 Å². The highest BCUT2D eigenvalue weighted by atomic mass is 35.5. The highest BCUT2D eigenvalue weighted by molar-refractivity contribution is 6.30. The number of ether oxygens (including phenoxy) is 1. The normalized spacial score (nSPS) is 19.5. The zero-order valence-corrected chi connectivity index (χ0v) is 19.1. The summed E-state index contributed by atoms with van der Waals surface area (Å²) in [5.74, 6) is 0.979. The predicted molar refractivity (Wildman–Crippen MR) is 124 cm³/mol. The molecule has 2 aliphatic rings. The molecule has 0 saturated carbocycles. The molecule has 1 fully saturated rings. The third-order valence-corrected chi connectivity index (χ3v) is 6.58. The van der Waals surface area contributed by atoms with Crippen molar-refractivity contribution in [3.8, 4) is 0 Å². The summed E-state index contributed by atoms with van der Waals surface area (Å²) < 4.78 is 10.2. The van der Waals surface area contributed by atoms with Gasteiger partial charge in [-0.25, -0.2) is 4.79 Å². The van der Waals surface area contributed by atoms with E-state index in [0.717, 1.165) is 25.3 Å². The van der Waals surface area contributed by atoms with E-state index in [4.69, 9.17) is 21.3 Å². The maximum absolute atomic E-state index is 13.5. The first-order chi connectivity index (χ1) is 15.4. The molecule has 32 heavy (non-hydrogen) atoms. The van der Waals surface area contributed by atoms with Gasteiger partial charge in [-0.1, -0.05) is 18.5 Å². The third kappa shape index (κ3) is 3.64. The van der Waals surface area contributed by atoms with Gasteiger partial charge in [0.25, 0.3) is 5.56 Å². The van der Waals surface area contributed by atoms with E-state index in [1.807, 2.05) is 28.8 Å². The van der Waals surface area contributed by atoms with Crippen molar-refractivity contribution in [1.29, 1.82) is 0 Å². The van der Waals surface area contributed by atoms with Crippen molar-refractivity contribution < 1.29 is 4.74 Å². The number of morpholine rings is 1. The van der Waals surface area contributed by atoms with E-state index in [2.05, 4.69) is 16.7 Å². The van der Waals surface area contributed by atoms with Crippen LogP contribution in [-0.2, 0) is 24.9 Å². The van der Waals surface area contributed by atoms with Gasteiger partial charge in [-0.05, 0) is 30.2 Å².